The number of aromatic amines is 4. The number of carboxylic acids is 2. The van der Waals surface area contributed by atoms with Crippen LogP contribution in [0.3, 0.4) is 0 Å². The zero-order valence-electron chi connectivity index (χ0n) is 44.6. The molecule has 87 heavy (non-hydrogen) atoms. The molecule has 0 saturated heterocycles. The molecule has 0 spiro atoms. The van der Waals surface area contributed by atoms with E-state index in [1.165, 1.54) is 12.1 Å². The number of hydrogen-bond acceptors (Lipinski definition) is 16. The summed E-state index contributed by atoms with van der Waals surface area (Å²) < 4.78 is 0. The molecule has 21 heteroatoms. The number of aromatic nitrogens is 16. The molecule has 6 aromatic heterocycles. The summed E-state index contributed by atoms with van der Waals surface area (Å²) in [5, 5.41) is 29.9. The van der Waals surface area contributed by atoms with E-state index in [0.717, 1.165) is 66.1 Å². The van der Waals surface area contributed by atoms with Gasteiger partial charge in [0.1, 0.15) is 45.2 Å². The molecular formula is C66H34CuN16O4. The second-order valence-corrected chi connectivity index (χ2v) is 20.5. The first kappa shape index (κ1) is 50.6. The van der Waals surface area contributed by atoms with E-state index in [4.69, 9.17) is 59.8 Å². The smallest absolute Gasteiger partial charge is 0.545 e. The van der Waals surface area contributed by atoms with Crippen molar-refractivity contribution in [2.24, 2.45) is 0 Å². The molecule has 18 rings (SSSR count). The summed E-state index contributed by atoms with van der Waals surface area (Å²) in [6.07, 6.45) is 0. The third-order valence-electron chi connectivity index (χ3n) is 15.6. The second-order valence-electron chi connectivity index (χ2n) is 20.5. The van der Waals surface area contributed by atoms with Crippen molar-refractivity contribution in [3.8, 4) is 91.1 Å². The quantitative estimate of drug-likeness (QED) is 0.117. The predicted molar refractivity (Wildman–Crippen MR) is 321 cm³/mol. The van der Waals surface area contributed by atoms with Crippen LogP contribution < -0.4 is 10.2 Å². The zero-order chi connectivity index (χ0) is 57.3. The van der Waals surface area contributed by atoms with E-state index in [-0.39, 0.29) is 28.2 Å². The third-order valence-corrected chi connectivity index (χ3v) is 15.6. The summed E-state index contributed by atoms with van der Waals surface area (Å²) in [6.45, 7) is 0. The first-order valence-corrected chi connectivity index (χ1v) is 27.1. The van der Waals surface area contributed by atoms with Gasteiger partial charge in [0.05, 0.1) is 11.9 Å². The van der Waals surface area contributed by atoms with Crippen molar-refractivity contribution in [2.45, 2.75) is 0 Å². The van der Waals surface area contributed by atoms with Crippen molar-refractivity contribution in [1.82, 2.24) is 79.7 Å². The van der Waals surface area contributed by atoms with E-state index in [0.29, 0.717) is 113 Å². The molecule has 0 amide bonds. The number of aromatic carboxylic acids is 2. The Balaban J connectivity index is 0.000000139. The molecule has 1 radical (unpaired) electrons. The summed E-state index contributed by atoms with van der Waals surface area (Å²) in [5.41, 5.74) is 10.2. The number of carbonyl (C=O) groups is 2. The van der Waals surface area contributed by atoms with Crippen LogP contribution in [0.2, 0.25) is 0 Å². The van der Waals surface area contributed by atoms with Crippen LogP contribution in [0.15, 0.2) is 182 Å². The minimum Gasteiger partial charge on any atom is -0.545 e. The van der Waals surface area contributed by atoms with E-state index in [1.807, 2.05) is 146 Å². The Labute approximate surface area is 498 Å². The zero-order valence-corrected chi connectivity index (χ0v) is 45.6. The topological polar surface area (TPSA) is 298 Å². The number of nitrogens with zero attached hydrogens (tertiary/aromatic N) is 12. The molecule has 4 aliphatic heterocycles. The summed E-state index contributed by atoms with van der Waals surface area (Å²) in [7, 11) is 0. The van der Waals surface area contributed by atoms with Gasteiger partial charge >= 0.3 is 17.1 Å². The summed E-state index contributed by atoms with van der Waals surface area (Å²) in [4.78, 5) is 96.4. The molecule has 10 heterocycles. The summed E-state index contributed by atoms with van der Waals surface area (Å²) >= 11 is 0. The molecule has 14 aromatic rings. The number of rotatable bonds is 2. The van der Waals surface area contributed by atoms with Gasteiger partial charge in [-0.25, -0.2) is 59.8 Å². The van der Waals surface area contributed by atoms with Crippen molar-refractivity contribution in [2.75, 3.05) is 0 Å². The van der Waals surface area contributed by atoms with Gasteiger partial charge in [0.15, 0.2) is 46.6 Å². The Morgan fingerprint density at radius 1 is 0.241 bits per heavy atom. The fraction of sp³-hybridized carbons (Fsp3) is 0. The molecule has 0 saturated carbocycles. The molecule has 0 fully saturated rings. The van der Waals surface area contributed by atoms with Crippen LogP contribution in [0.4, 0.5) is 0 Å². The van der Waals surface area contributed by atoms with Gasteiger partial charge in [-0.15, -0.1) is 0 Å². The second kappa shape index (κ2) is 19.5. The number of benzene rings is 8. The number of fused-ring (bicyclic) bond motifs is 40. The predicted octanol–water partition coefficient (Wildman–Crippen LogP) is 10.5. The van der Waals surface area contributed by atoms with Crippen LogP contribution in [-0.2, 0) is 17.1 Å². The molecule has 20 nitrogen and oxygen atoms in total. The van der Waals surface area contributed by atoms with E-state index in [9.17, 15) is 19.8 Å². The van der Waals surface area contributed by atoms with Crippen LogP contribution in [0.1, 0.15) is 20.7 Å². The Hall–Kier alpha value is -12.1. The largest absolute Gasteiger partial charge is 2.00 e. The average Bonchev–Trinajstić information content (AvgIpc) is 1.98. The van der Waals surface area contributed by atoms with Gasteiger partial charge in [-0.05, 0) is 0 Å². The van der Waals surface area contributed by atoms with Crippen molar-refractivity contribution in [1.29, 1.82) is 0 Å². The fourth-order valence-corrected chi connectivity index (χ4v) is 11.7. The van der Waals surface area contributed by atoms with Gasteiger partial charge in [0, 0.05) is 98.7 Å². The average molecular weight is 1180 g/mol. The number of hydrogen-bond donors (Lipinski definition) is 4. The van der Waals surface area contributed by atoms with Gasteiger partial charge in [-0.2, -0.15) is 0 Å². The van der Waals surface area contributed by atoms with Crippen LogP contribution in [0.25, 0.3) is 179 Å². The van der Waals surface area contributed by atoms with Gasteiger partial charge in [0.2, 0.25) is 0 Å². The first-order chi connectivity index (χ1) is 42.2. The summed E-state index contributed by atoms with van der Waals surface area (Å²) in [6, 6.07) is 56.5. The number of nitrogens with one attached hydrogen (secondary N) is 4. The Morgan fingerprint density at radius 2 is 0.437 bits per heavy atom. The Bertz CT molecular complexity index is 5370. The maximum absolute atomic E-state index is 12.2. The Kier molecular flexibility index (Phi) is 11.4. The van der Waals surface area contributed by atoms with Crippen LogP contribution in [-0.4, -0.2) is 91.7 Å². The van der Waals surface area contributed by atoms with Gasteiger partial charge in [-0.1, -0.05) is 182 Å². The summed E-state index contributed by atoms with van der Waals surface area (Å²) in [5.74, 6) is 0.965. The molecule has 0 aliphatic carbocycles. The minimum absolute atomic E-state index is 0. The van der Waals surface area contributed by atoms with Crippen LogP contribution in [0, 0.1) is 0 Å². The molecule has 0 atom stereocenters. The number of H-pyrrole nitrogens is 4. The van der Waals surface area contributed by atoms with Gasteiger partial charge in [-0.3, -0.25) is 0 Å². The van der Waals surface area contributed by atoms with Crippen molar-refractivity contribution in [3.63, 3.8) is 0 Å². The molecular weight excluding hydrogens is 1140 g/mol. The molecule has 0 unspecified atom stereocenters. The van der Waals surface area contributed by atoms with E-state index in [2.05, 4.69) is 19.9 Å². The molecule has 413 valence electrons. The fourth-order valence-electron chi connectivity index (χ4n) is 11.7. The molecule has 8 aromatic carbocycles. The van der Waals surface area contributed by atoms with Gasteiger partial charge < -0.3 is 39.7 Å². The maximum atomic E-state index is 12.2. The Morgan fingerprint density at radius 3 is 0.678 bits per heavy atom. The van der Waals surface area contributed by atoms with E-state index >= 15 is 0 Å². The molecule has 4 aliphatic rings. The number of carboxylic acid groups (broad SMARTS) is 2. The third kappa shape index (κ3) is 8.06. The van der Waals surface area contributed by atoms with Crippen LogP contribution >= 0.6 is 0 Å². The van der Waals surface area contributed by atoms with Crippen LogP contribution in [0.5, 0.6) is 0 Å². The van der Waals surface area contributed by atoms with E-state index < -0.39 is 11.9 Å². The maximum Gasteiger partial charge on any atom is 2.00 e. The van der Waals surface area contributed by atoms with Crippen molar-refractivity contribution < 1.29 is 36.9 Å². The molecule has 4 N–H and O–H groups in total. The van der Waals surface area contributed by atoms with Crippen molar-refractivity contribution >= 4 is 100 Å². The number of carbonyl (C=O) groups excluding carboxylic acids is 2. The standard InChI is InChI=1S/2C33H18N8O2.Cu/c2*42-33(43)23-15-7-14-22-24(23)32-40-30-21-13-6-5-12-20(21)28(38-30)36-26-17-9-2-1-8-16(17)25(34-26)35-27-18-10-3-4-11-19(18)29(37-27)39-31(22)41-32;/h2*1-15H,(H,42,43)(H2,34,35,36,37,38,39,40,41);/q;;+2/p-2. The monoisotopic (exact) mass is 1180 g/mol. The molecule has 16 bridgehead atoms. The SMILES string of the molecule is O=C([O-])c1cccc2c3nc4nc(nc5[nH]c(nc6nc(nc([nH]3)c12)-c1ccccc1-6)c1ccccc51)-c1ccccc1-4.O=C([O-])c1cccc2c3nc4nc(nc5[nH]c(nc6nc(nc([nH]3)c12)-c1ccccc1-6)c1ccccc51)-c1ccccc1-4.[Cu+2]. The van der Waals surface area contributed by atoms with E-state index in [1.54, 1.807) is 24.3 Å². The van der Waals surface area contributed by atoms with Gasteiger partial charge in [0.25, 0.3) is 0 Å². The van der Waals surface area contributed by atoms with Crippen molar-refractivity contribution in [3.05, 3.63) is 193 Å². The first-order valence-electron chi connectivity index (χ1n) is 27.1. The minimum atomic E-state index is -1.32. The normalized spacial score (nSPS) is 11.8.